The second kappa shape index (κ2) is 7.14. The molecule has 0 aromatic heterocycles. The van der Waals surface area contributed by atoms with E-state index in [1.54, 1.807) is 0 Å². The standard InChI is InChI=1S/C17H28N2O2/c1-12-9-19(13(2)14(3)20)10-15(12)11-21-17-7-5-16(18-4)6-8-17/h5-8,12-15,18,20H,9-11H2,1-4H3. The average molecular weight is 292 g/mol. The van der Waals surface area contributed by atoms with Gasteiger partial charge in [-0.3, -0.25) is 4.90 Å². The highest BCUT2D eigenvalue weighted by molar-refractivity contribution is 5.45. The molecule has 2 rings (SSSR count). The van der Waals surface area contributed by atoms with E-state index in [4.69, 9.17) is 4.74 Å². The molecule has 1 saturated heterocycles. The molecular formula is C17H28N2O2. The molecule has 4 heteroatoms. The van der Waals surface area contributed by atoms with Crippen molar-refractivity contribution in [3.63, 3.8) is 0 Å². The van der Waals surface area contributed by atoms with Crippen LogP contribution in [0.4, 0.5) is 5.69 Å². The number of rotatable bonds is 6. The van der Waals surface area contributed by atoms with Gasteiger partial charge in [-0.2, -0.15) is 0 Å². The van der Waals surface area contributed by atoms with Crippen LogP contribution in [0.5, 0.6) is 5.75 Å². The van der Waals surface area contributed by atoms with E-state index in [9.17, 15) is 5.11 Å². The topological polar surface area (TPSA) is 44.7 Å². The lowest BCUT2D eigenvalue weighted by Crippen LogP contribution is -2.39. The minimum Gasteiger partial charge on any atom is -0.493 e. The molecule has 1 aliphatic heterocycles. The van der Waals surface area contributed by atoms with E-state index in [2.05, 4.69) is 24.1 Å². The maximum atomic E-state index is 9.73. The van der Waals surface area contributed by atoms with E-state index in [1.807, 2.05) is 38.2 Å². The van der Waals surface area contributed by atoms with Crippen LogP contribution < -0.4 is 10.1 Å². The Hall–Kier alpha value is -1.26. The molecule has 0 spiro atoms. The fraction of sp³-hybridized carbons (Fsp3) is 0.647. The molecule has 1 aromatic rings. The minimum atomic E-state index is -0.286. The second-order valence-corrected chi connectivity index (χ2v) is 6.26. The SMILES string of the molecule is CNc1ccc(OCC2CN(C(C)C(C)O)CC2C)cc1. The number of aliphatic hydroxyl groups excluding tert-OH is 1. The first-order valence-electron chi connectivity index (χ1n) is 7.84. The van der Waals surface area contributed by atoms with Crippen LogP contribution in [0.25, 0.3) is 0 Å². The number of benzene rings is 1. The van der Waals surface area contributed by atoms with Crippen LogP contribution in [-0.4, -0.2) is 48.9 Å². The van der Waals surface area contributed by atoms with Gasteiger partial charge in [0.1, 0.15) is 5.75 Å². The smallest absolute Gasteiger partial charge is 0.119 e. The number of hydrogen-bond acceptors (Lipinski definition) is 4. The summed E-state index contributed by atoms with van der Waals surface area (Å²) in [6.45, 7) is 9.01. The first-order valence-corrected chi connectivity index (χ1v) is 7.84. The number of nitrogens with one attached hydrogen (secondary N) is 1. The molecule has 118 valence electrons. The summed E-state index contributed by atoms with van der Waals surface area (Å²) >= 11 is 0. The molecule has 0 radical (unpaired) electrons. The third-order valence-electron chi connectivity index (χ3n) is 4.68. The van der Waals surface area contributed by atoms with Gasteiger partial charge >= 0.3 is 0 Å². The van der Waals surface area contributed by atoms with Crippen molar-refractivity contribution in [1.29, 1.82) is 0 Å². The van der Waals surface area contributed by atoms with E-state index in [-0.39, 0.29) is 12.1 Å². The Bertz CT molecular complexity index is 433. The van der Waals surface area contributed by atoms with E-state index in [1.165, 1.54) is 0 Å². The lowest BCUT2D eigenvalue weighted by molar-refractivity contribution is 0.0809. The van der Waals surface area contributed by atoms with E-state index < -0.39 is 0 Å². The van der Waals surface area contributed by atoms with Crippen LogP contribution in [0.3, 0.4) is 0 Å². The van der Waals surface area contributed by atoms with Gasteiger partial charge in [0.25, 0.3) is 0 Å². The van der Waals surface area contributed by atoms with Crippen LogP contribution in [0.1, 0.15) is 20.8 Å². The van der Waals surface area contributed by atoms with Crippen molar-refractivity contribution >= 4 is 5.69 Å². The maximum Gasteiger partial charge on any atom is 0.119 e. The van der Waals surface area contributed by atoms with E-state index in [0.717, 1.165) is 31.1 Å². The molecular weight excluding hydrogens is 264 g/mol. The highest BCUT2D eigenvalue weighted by Crippen LogP contribution is 2.26. The fourth-order valence-electron chi connectivity index (χ4n) is 2.85. The third kappa shape index (κ3) is 4.11. The zero-order valence-electron chi connectivity index (χ0n) is 13.5. The lowest BCUT2D eigenvalue weighted by atomic mass is 9.99. The zero-order valence-corrected chi connectivity index (χ0v) is 13.5. The van der Waals surface area contributed by atoms with Crippen LogP contribution in [0, 0.1) is 11.8 Å². The van der Waals surface area contributed by atoms with Crippen molar-refractivity contribution in [2.45, 2.75) is 32.9 Å². The molecule has 0 amide bonds. The van der Waals surface area contributed by atoms with Crippen molar-refractivity contribution in [3.05, 3.63) is 24.3 Å². The Morgan fingerprint density at radius 3 is 2.52 bits per heavy atom. The van der Waals surface area contributed by atoms with E-state index in [0.29, 0.717) is 11.8 Å². The fourth-order valence-corrected chi connectivity index (χ4v) is 2.85. The maximum absolute atomic E-state index is 9.73. The van der Waals surface area contributed by atoms with Gasteiger partial charge < -0.3 is 15.2 Å². The molecule has 0 saturated carbocycles. The number of aliphatic hydroxyl groups is 1. The molecule has 2 N–H and O–H groups in total. The summed E-state index contributed by atoms with van der Waals surface area (Å²) in [5.74, 6) is 2.04. The van der Waals surface area contributed by atoms with Gasteiger partial charge in [0.05, 0.1) is 12.7 Å². The largest absolute Gasteiger partial charge is 0.493 e. The zero-order chi connectivity index (χ0) is 15.4. The van der Waals surface area contributed by atoms with Crippen LogP contribution >= 0.6 is 0 Å². The summed E-state index contributed by atoms with van der Waals surface area (Å²) in [4.78, 5) is 2.37. The number of anilines is 1. The summed E-state index contributed by atoms with van der Waals surface area (Å²) in [7, 11) is 1.91. The predicted molar refractivity (Wildman–Crippen MR) is 86.9 cm³/mol. The Kier molecular flexibility index (Phi) is 5.48. The number of likely N-dealkylation sites (tertiary alicyclic amines) is 1. The highest BCUT2D eigenvalue weighted by Gasteiger charge is 2.33. The molecule has 4 nitrogen and oxygen atoms in total. The van der Waals surface area contributed by atoms with Crippen molar-refractivity contribution in [3.8, 4) is 5.75 Å². The molecule has 1 fully saturated rings. The molecule has 0 bridgehead atoms. The summed E-state index contributed by atoms with van der Waals surface area (Å²) in [6, 6.07) is 8.26. The van der Waals surface area contributed by atoms with Crippen molar-refractivity contribution in [2.75, 3.05) is 32.1 Å². The summed E-state index contributed by atoms with van der Waals surface area (Å²) in [5.41, 5.74) is 1.09. The van der Waals surface area contributed by atoms with Gasteiger partial charge in [-0.25, -0.2) is 0 Å². The Labute approximate surface area is 128 Å². The van der Waals surface area contributed by atoms with Crippen LogP contribution in [0.2, 0.25) is 0 Å². The van der Waals surface area contributed by atoms with E-state index >= 15 is 0 Å². The van der Waals surface area contributed by atoms with Gasteiger partial charge in [-0.15, -0.1) is 0 Å². The quantitative estimate of drug-likeness (QED) is 0.845. The predicted octanol–water partition coefficient (Wildman–Crippen LogP) is 2.44. The van der Waals surface area contributed by atoms with Crippen molar-refractivity contribution < 1.29 is 9.84 Å². The average Bonchev–Trinajstić information content (AvgIpc) is 2.85. The molecule has 1 aromatic carbocycles. The van der Waals surface area contributed by atoms with Gasteiger partial charge in [-0.05, 0) is 44.0 Å². The minimum absolute atomic E-state index is 0.215. The van der Waals surface area contributed by atoms with Gasteiger partial charge in [0.15, 0.2) is 0 Å². The third-order valence-corrected chi connectivity index (χ3v) is 4.68. The van der Waals surface area contributed by atoms with Gasteiger partial charge in [0.2, 0.25) is 0 Å². The number of ether oxygens (including phenoxy) is 1. The number of nitrogens with zero attached hydrogens (tertiary/aromatic N) is 1. The molecule has 4 atom stereocenters. The van der Waals surface area contributed by atoms with Crippen LogP contribution in [-0.2, 0) is 0 Å². The molecule has 1 aliphatic rings. The summed E-state index contributed by atoms with van der Waals surface area (Å²) in [6.07, 6.45) is -0.286. The molecule has 1 heterocycles. The second-order valence-electron chi connectivity index (χ2n) is 6.26. The van der Waals surface area contributed by atoms with Crippen molar-refractivity contribution in [2.24, 2.45) is 11.8 Å². The lowest BCUT2D eigenvalue weighted by Gasteiger charge is -2.26. The monoisotopic (exact) mass is 292 g/mol. The van der Waals surface area contributed by atoms with Crippen LogP contribution in [0.15, 0.2) is 24.3 Å². The normalized spacial score (nSPS) is 25.6. The molecule has 21 heavy (non-hydrogen) atoms. The number of hydrogen-bond donors (Lipinski definition) is 2. The van der Waals surface area contributed by atoms with Gasteiger partial charge in [-0.1, -0.05) is 6.92 Å². The Morgan fingerprint density at radius 2 is 1.95 bits per heavy atom. The van der Waals surface area contributed by atoms with Gasteiger partial charge in [0, 0.05) is 37.8 Å². The molecule has 4 unspecified atom stereocenters. The Balaban J connectivity index is 1.85. The Morgan fingerprint density at radius 1 is 1.29 bits per heavy atom. The highest BCUT2D eigenvalue weighted by atomic mass is 16.5. The molecule has 0 aliphatic carbocycles. The first kappa shape index (κ1) is 16.1. The first-order chi connectivity index (χ1) is 10.0. The van der Waals surface area contributed by atoms with Crippen molar-refractivity contribution in [1.82, 2.24) is 4.90 Å². The summed E-state index contributed by atoms with van der Waals surface area (Å²) < 4.78 is 5.93. The summed E-state index contributed by atoms with van der Waals surface area (Å²) in [5, 5.41) is 12.8.